The first-order chi connectivity index (χ1) is 7.22. The number of alkyl carbamates (subject to hydrolysis) is 1. The second-order valence-electron chi connectivity index (χ2n) is 5.38. The van der Waals surface area contributed by atoms with E-state index < -0.39 is 17.1 Å². The molecule has 0 rings (SSSR count). The van der Waals surface area contributed by atoms with E-state index in [9.17, 15) is 9.59 Å². The Hall–Kier alpha value is -1.06. The molecule has 0 aromatic rings. The van der Waals surface area contributed by atoms with Gasteiger partial charge in [-0.15, -0.1) is 0 Å². The van der Waals surface area contributed by atoms with E-state index in [0.717, 1.165) is 19.1 Å². The van der Waals surface area contributed by atoms with Gasteiger partial charge in [-0.3, -0.25) is 0 Å². The van der Waals surface area contributed by atoms with Gasteiger partial charge in [0.25, 0.3) is 0 Å². The van der Waals surface area contributed by atoms with Crippen LogP contribution in [-0.2, 0) is 9.53 Å². The van der Waals surface area contributed by atoms with Gasteiger partial charge in [0.1, 0.15) is 11.9 Å². The van der Waals surface area contributed by atoms with Crippen LogP contribution < -0.4 is 5.32 Å². The number of rotatable bonds is 5. The Morgan fingerprint density at radius 2 is 1.88 bits per heavy atom. The fourth-order valence-electron chi connectivity index (χ4n) is 1.35. The highest BCUT2D eigenvalue weighted by Gasteiger charge is 2.24. The highest BCUT2D eigenvalue weighted by atomic mass is 16.6. The SMILES string of the molecule is CCCC(C)(C=O)CNC(=O)OC(C)(C)C. The molecule has 0 heterocycles. The molecule has 0 aliphatic heterocycles. The summed E-state index contributed by atoms with van der Waals surface area (Å²) in [7, 11) is 0. The molecule has 0 spiro atoms. The molecule has 0 aromatic heterocycles. The normalized spacial score (nSPS) is 15.1. The summed E-state index contributed by atoms with van der Waals surface area (Å²) in [5.41, 5.74) is -1.00. The zero-order chi connectivity index (χ0) is 12.8. The summed E-state index contributed by atoms with van der Waals surface area (Å²) in [6.45, 7) is 9.57. The lowest BCUT2D eigenvalue weighted by Gasteiger charge is -2.25. The van der Waals surface area contributed by atoms with Gasteiger partial charge in [0.05, 0.1) is 0 Å². The number of nitrogens with one attached hydrogen (secondary N) is 1. The third-order valence-corrected chi connectivity index (χ3v) is 2.14. The topological polar surface area (TPSA) is 55.4 Å². The van der Waals surface area contributed by atoms with E-state index in [4.69, 9.17) is 4.74 Å². The molecule has 94 valence electrons. The van der Waals surface area contributed by atoms with Gasteiger partial charge in [-0.25, -0.2) is 4.79 Å². The van der Waals surface area contributed by atoms with Crippen molar-refractivity contribution in [3.8, 4) is 0 Å². The fourth-order valence-corrected chi connectivity index (χ4v) is 1.35. The molecule has 0 saturated carbocycles. The second-order valence-corrected chi connectivity index (χ2v) is 5.38. The smallest absolute Gasteiger partial charge is 0.407 e. The molecule has 0 saturated heterocycles. The van der Waals surface area contributed by atoms with Crippen LogP contribution in [0.25, 0.3) is 0 Å². The van der Waals surface area contributed by atoms with Gasteiger partial charge in [-0.1, -0.05) is 20.3 Å². The molecular weight excluding hydrogens is 206 g/mol. The van der Waals surface area contributed by atoms with E-state index in [1.165, 1.54) is 0 Å². The molecule has 1 N–H and O–H groups in total. The largest absolute Gasteiger partial charge is 0.444 e. The molecule has 0 aliphatic carbocycles. The molecule has 0 fully saturated rings. The van der Waals surface area contributed by atoms with Crippen LogP contribution in [0.2, 0.25) is 0 Å². The van der Waals surface area contributed by atoms with Crippen molar-refractivity contribution in [3.63, 3.8) is 0 Å². The first-order valence-electron chi connectivity index (χ1n) is 5.65. The summed E-state index contributed by atoms with van der Waals surface area (Å²) < 4.78 is 5.09. The Morgan fingerprint density at radius 1 is 1.31 bits per heavy atom. The molecule has 4 heteroatoms. The van der Waals surface area contributed by atoms with Crippen LogP contribution in [0, 0.1) is 5.41 Å². The van der Waals surface area contributed by atoms with Crippen molar-refractivity contribution in [1.82, 2.24) is 5.32 Å². The molecule has 0 bridgehead atoms. The average molecular weight is 229 g/mol. The van der Waals surface area contributed by atoms with E-state index >= 15 is 0 Å². The Bertz CT molecular complexity index is 245. The number of ether oxygens (including phenoxy) is 1. The summed E-state index contributed by atoms with van der Waals surface area (Å²) in [4.78, 5) is 22.3. The van der Waals surface area contributed by atoms with E-state index in [0.29, 0.717) is 6.54 Å². The highest BCUT2D eigenvalue weighted by Crippen LogP contribution is 2.19. The minimum atomic E-state index is -0.508. The average Bonchev–Trinajstić information content (AvgIpc) is 2.13. The summed E-state index contributed by atoms with van der Waals surface area (Å²) in [5, 5.41) is 2.62. The lowest BCUT2D eigenvalue weighted by atomic mass is 9.87. The predicted molar refractivity (Wildman–Crippen MR) is 63.3 cm³/mol. The van der Waals surface area contributed by atoms with Gasteiger partial charge in [0.15, 0.2) is 0 Å². The van der Waals surface area contributed by atoms with Crippen molar-refractivity contribution in [3.05, 3.63) is 0 Å². The Balaban J connectivity index is 4.12. The Labute approximate surface area is 97.7 Å². The minimum Gasteiger partial charge on any atom is -0.444 e. The van der Waals surface area contributed by atoms with Crippen LogP contribution >= 0.6 is 0 Å². The number of hydrogen-bond donors (Lipinski definition) is 1. The maximum Gasteiger partial charge on any atom is 0.407 e. The molecule has 0 aromatic carbocycles. The number of hydrogen-bond acceptors (Lipinski definition) is 3. The van der Waals surface area contributed by atoms with E-state index in [-0.39, 0.29) is 0 Å². The zero-order valence-corrected chi connectivity index (χ0v) is 10.9. The number of carbonyl (C=O) groups is 2. The second kappa shape index (κ2) is 5.87. The van der Waals surface area contributed by atoms with Gasteiger partial charge >= 0.3 is 6.09 Å². The van der Waals surface area contributed by atoms with Crippen LogP contribution in [0.1, 0.15) is 47.5 Å². The van der Waals surface area contributed by atoms with Crippen molar-refractivity contribution < 1.29 is 14.3 Å². The van der Waals surface area contributed by atoms with Crippen LogP contribution in [0.4, 0.5) is 4.79 Å². The Kier molecular flexibility index (Phi) is 5.48. The van der Waals surface area contributed by atoms with Crippen molar-refractivity contribution in [2.45, 2.75) is 53.1 Å². The van der Waals surface area contributed by atoms with E-state index in [1.54, 1.807) is 20.8 Å². The van der Waals surface area contributed by atoms with Crippen LogP contribution in [-0.4, -0.2) is 24.5 Å². The number of aldehydes is 1. The highest BCUT2D eigenvalue weighted by molar-refractivity contribution is 5.69. The third kappa shape index (κ3) is 6.43. The van der Waals surface area contributed by atoms with E-state index in [2.05, 4.69) is 5.32 Å². The minimum absolute atomic E-state index is 0.319. The van der Waals surface area contributed by atoms with Crippen LogP contribution in [0.5, 0.6) is 0 Å². The van der Waals surface area contributed by atoms with Gasteiger partial charge in [0, 0.05) is 12.0 Å². The van der Waals surface area contributed by atoms with Crippen LogP contribution in [0.3, 0.4) is 0 Å². The molecule has 0 radical (unpaired) electrons. The summed E-state index contributed by atoms with van der Waals surface area (Å²) in [5.74, 6) is 0. The maximum absolute atomic E-state index is 11.4. The van der Waals surface area contributed by atoms with E-state index in [1.807, 2.05) is 13.8 Å². The van der Waals surface area contributed by atoms with Crippen molar-refractivity contribution >= 4 is 12.4 Å². The molecule has 1 amide bonds. The monoisotopic (exact) mass is 229 g/mol. The first-order valence-corrected chi connectivity index (χ1v) is 5.65. The third-order valence-electron chi connectivity index (χ3n) is 2.14. The molecule has 16 heavy (non-hydrogen) atoms. The molecule has 1 atom stereocenters. The molecule has 4 nitrogen and oxygen atoms in total. The number of carbonyl (C=O) groups excluding carboxylic acids is 2. The Morgan fingerprint density at radius 3 is 2.25 bits per heavy atom. The van der Waals surface area contributed by atoms with Crippen molar-refractivity contribution in [2.24, 2.45) is 5.41 Å². The summed E-state index contributed by atoms with van der Waals surface area (Å²) in [6, 6.07) is 0. The molecular formula is C12H23NO3. The van der Waals surface area contributed by atoms with Gasteiger partial charge < -0.3 is 14.8 Å². The lowest BCUT2D eigenvalue weighted by Crippen LogP contribution is -2.39. The summed E-state index contributed by atoms with van der Waals surface area (Å²) in [6.07, 6.45) is 2.09. The molecule has 1 unspecified atom stereocenters. The lowest BCUT2D eigenvalue weighted by molar-refractivity contribution is -0.115. The van der Waals surface area contributed by atoms with Crippen molar-refractivity contribution in [1.29, 1.82) is 0 Å². The van der Waals surface area contributed by atoms with Gasteiger partial charge in [-0.05, 0) is 27.2 Å². The predicted octanol–water partition coefficient (Wildman–Crippen LogP) is 2.52. The summed E-state index contributed by atoms with van der Waals surface area (Å²) >= 11 is 0. The first kappa shape index (κ1) is 14.9. The van der Waals surface area contributed by atoms with Crippen molar-refractivity contribution in [2.75, 3.05) is 6.54 Å². The maximum atomic E-state index is 11.4. The fraction of sp³-hybridized carbons (Fsp3) is 0.833. The number of amides is 1. The van der Waals surface area contributed by atoms with Gasteiger partial charge in [-0.2, -0.15) is 0 Å². The standard InChI is InChI=1S/C12H23NO3/c1-6-7-12(5,9-14)8-13-10(15)16-11(2,3)4/h9H,6-8H2,1-5H3,(H,13,15). The quantitative estimate of drug-likeness (QED) is 0.737. The van der Waals surface area contributed by atoms with Gasteiger partial charge in [0.2, 0.25) is 0 Å². The molecule has 0 aliphatic rings. The van der Waals surface area contributed by atoms with Crippen LogP contribution in [0.15, 0.2) is 0 Å². The zero-order valence-electron chi connectivity index (χ0n) is 10.9.